The third-order valence-corrected chi connectivity index (χ3v) is 5.37. The minimum atomic E-state index is -2.96. The summed E-state index contributed by atoms with van der Waals surface area (Å²) >= 11 is 6.26. The molecule has 0 saturated carbocycles. The summed E-state index contributed by atoms with van der Waals surface area (Å²) < 4.78 is 24.7. The third-order valence-electron chi connectivity index (χ3n) is 3.16. The van der Waals surface area contributed by atoms with E-state index in [4.69, 9.17) is 11.6 Å². The van der Waals surface area contributed by atoms with Gasteiger partial charge >= 0.3 is 0 Å². The molecule has 0 radical (unpaired) electrons. The van der Waals surface area contributed by atoms with Crippen molar-refractivity contribution >= 4 is 21.4 Å². The highest BCUT2D eigenvalue weighted by Crippen LogP contribution is 2.29. The molecule has 0 bridgehead atoms. The van der Waals surface area contributed by atoms with Gasteiger partial charge in [-0.3, -0.25) is 4.68 Å². The fourth-order valence-corrected chi connectivity index (χ4v) is 3.01. The molecule has 1 rings (SSSR count). The maximum atomic E-state index is 11.5. The lowest BCUT2D eigenvalue weighted by molar-refractivity contribution is 0.577. The molecule has 4 nitrogen and oxygen atoms in total. The maximum Gasteiger partial charge on any atom is 0.151 e. The number of aromatic nitrogens is 2. The number of hydrogen-bond acceptors (Lipinski definition) is 3. The molecular weight excluding hydrogens is 272 g/mol. The Morgan fingerprint density at radius 1 is 1.33 bits per heavy atom. The van der Waals surface area contributed by atoms with Gasteiger partial charge in [0.05, 0.1) is 23.4 Å². The van der Waals surface area contributed by atoms with Gasteiger partial charge in [-0.15, -0.1) is 11.6 Å². The van der Waals surface area contributed by atoms with Crippen molar-refractivity contribution < 1.29 is 8.42 Å². The van der Waals surface area contributed by atoms with Crippen LogP contribution < -0.4 is 0 Å². The van der Waals surface area contributed by atoms with E-state index >= 15 is 0 Å². The fourth-order valence-electron chi connectivity index (χ4n) is 1.96. The number of hydrogen-bond donors (Lipinski definition) is 0. The molecule has 0 saturated heterocycles. The van der Waals surface area contributed by atoms with Gasteiger partial charge in [0.2, 0.25) is 0 Å². The quantitative estimate of drug-likeness (QED) is 0.757. The minimum Gasteiger partial charge on any atom is -0.268 e. The highest BCUT2D eigenvalue weighted by molar-refractivity contribution is 7.91. The molecule has 1 aromatic heterocycles. The zero-order valence-electron chi connectivity index (χ0n) is 11.4. The number of aryl methyl sites for hydroxylation is 2. The first-order valence-corrected chi connectivity index (χ1v) is 8.46. The van der Waals surface area contributed by atoms with Gasteiger partial charge in [-0.2, -0.15) is 5.10 Å². The highest BCUT2D eigenvalue weighted by atomic mass is 35.5. The Balaban J connectivity index is 2.93. The summed E-state index contributed by atoms with van der Waals surface area (Å²) in [7, 11) is -2.96. The van der Waals surface area contributed by atoms with E-state index in [9.17, 15) is 8.42 Å². The number of rotatable bonds is 6. The van der Waals surface area contributed by atoms with Gasteiger partial charge in [0.1, 0.15) is 0 Å². The Bertz CT molecular complexity index is 508. The number of sulfone groups is 1. The molecule has 18 heavy (non-hydrogen) atoms. The van der Waals surface area contributed by atoms with E-state index in [-0.39, 0.29) is 16.9 Å². The lowest BCUT2D eigenvalue weighted by Crippen LogP contribution is -2.16. The molecule has 0 aromatic carbocycles. The van der Waals surface area contributed by atoms with Crippen LogP contribution in [0.5, 0.6) is 0 Å². The molecule has 0 aliphatic carbocycles. The van der Waals surface area contributed by atoms with Gasteiger partial charge in [0.15, 0.2) is 9.84 Å². The molecule has 0 fully saturated rings. The van der Waals surface area contributed by atoms with Gasteiger partial charge in [-0.1, -0.05) is 13.8 Å². The second kappa shape index (κ2) is 6.06. The third kappa shape index (κ3) is 3.48. The van der Waals surface area contributed by atoms with Crippen molar-refractivity contribution in [3.8, 4) is 0 Å². The van der Waals surface area contributed by atoms with E-state index in [1.807, 2.05) is 20.8 Å². The molecule has 6 heteroatoms. The van der Waals surface area contributed by atoms with Crippen molar-refractivity contribution in [1.82, 2.24) is 9.78 Å². The first-order chi connectivity index (χ1) is 8.32. The first-order valence-electron chi connectivity index (χ1n) is 6.20. The molecule has 1 aromatic rings. The van der Waals surface area contributed by atoms with Crippen LogP contribution in [-0.4, -0.2) is 29.7 Å². The lowest BCUT2D eigenvalue weighted by Gasteiger charge is -2.08. The predicted molar refractivity (Wildman–Crippen MR) is 74.9 cm³/mol. The van der Waals surface area contributed by atoms with E-state index in [1.54, 1.807) is 11.6 Å². The normalized spacial score (nSPS) is 13.8. The standard InChI is InChI=1S/C12H21ClN2O2S/c1-5-11(13)12-9(3)14-15(10(12)4)7-8-18(16,17)6-2/h11H,5-8H2,1-4H3. The average molecular weight is 293 g/mol. The van der Waals surface area contributed by atoms with Gasteiger partial charge in [-0.05, 0) is 20.3 Å². The lowest BCUT2D eigenvalue weighted by atomic mass is 10.1. The minimum absolute atomic E-state index is 0.0541. The predicted octanol–water partition coefficient (Wildman–Crippen LogP) is 2.62. The van der Waals surface area contributed by atoms with Gasteiger partial charge in [-0.25, -0.2) is 8.42 Å². The van der Waals surface area contributed by atoms with Gasteiger partial charge < -0.3 is 0 Å². The van der Waals surface area contributed by atoms with Crippen molar-refractivity contribution in [3.63, 3.8) is 0 Å². The van der Waals surface area contributed by atoms with E-state index < -0.39 is 9.84 Å². The first kappa shape index (κ1) is 15.5. The van der Waals surface area contributed by atoms with E-state index in [2.05, 4.69) is 5.10 Å². The van der Waals surface area contributed by atoms with E-state index in [0.29, 0.717) is 6.54 Å². The smallest absolute Gasteiger partial charge is 0.151 e. The summed E-state index contributed by atoms with van der Waals surface area (Å²) in [6, 6.07) is 0. The Morgan fingerprint density at radius 3 is 2.44 bits per heavy atom. The molecule has 0 N–H and O–H groups in total. The Labute approximate surface area is 114 Å². The average Bonchev–Trinajstić information content (AvgIpc) is 2.61. The van der Waals surface area contributed by atoms with Crippen LogP contribution in [0.4, 0.5) is 0 Å². The summed E-state index contributed by atoms with van der Waals surface area (Å²) in [5.74, 6) is 0.302. The second-order valence-corrected chi connectivity index (χ2v) is 7.42. The summed E-state index contributed by atoms with van der Waals surface area (Å²) in [6.07, 6.45) is 0.836. The van der Waals surface area contributed by atoms with E-state index in [1.165, 1.54) is 0 Å². The van der Waals surface area contributed by atoms with Crippen molar-refractivity contribution in [1.29, 1.82) is 0 Å². The van der Waals surface area contributed by atoms with Crippen LogP contribution in [0, 0.1) is 13.8 Å². The summed E-state index contributed by atoms with van der Waals surface area (Å²) in [5.41, 5.74) is 2.90. The molecule has 0 amide bonds. The summed E-state index contributed by atoms with van der Waals surface area (Å²) in [6.45, 7) is 7.94. The zero-order valence-corrected chi connectivity index (χ0v) is 13.0. The molecule has 1 heterocycles. The largest absolute Gasteiger partial charge is 0.268 e. The molecule has 1 atom stereocenters. The SMILES string of the molecule is CCC(Cl)c1c(C)nn(CCS(=O)(=O)CC)c1C. The monoisotopic (exact) mass is 292 g/mol. The topological polar surface area (TPSA) is 52.0 Å². The molecular formula is C12H21ClN2O2S. The summed E-state index contributed by atoms with van der Waals surface area (Å²) in [4.78, 5) is 0. The van der Waals surface area contributed by atoms with Crippen LogP contribution in [0.2, 0.25) is 0 Å². The molecule has 104 valence electrons. The highest BCUT2D eigenvalue weighted by Gasteiger charge is 2.18. The molecule has 1 unspecified atom stereocenters. The van der Waals surface area contributed by atoms with Gasteiger partial charge in [0.25, 0.3) is 0 Å². The van der Waals surface area contributed by atoms with Crippen LogP contribution in [0.25, 0.3) is 0 Å². The molecule has 0 aliphatic heterocycles. The van der Waals surface area contributed by atoms with Crippen molar-refractivity contribution in [3.05, 3.63) is 17.0 Å². The van der Waals surface area contributed by atoms with Crippen LogP contribution in [0.15, 0.2) is 0 Å². The molecule has 0 aliphatic rings. The summed E-state index contributed by atoms with van der Waals surface area (Å²) in [5, 5.41) is 4.33. The van der Waals surface area contributed by atoms with Gasteiger partial charge in [0, 0.05) is 17.0 Å². The second-order valence-electron chi connectivity index (χ2n) is 4.42. The maximum absolute atomic E-state index is 11.5. The van der Waals surface area contributed by atoms with Crippen LogP contribution in [0.1, 0.15) is 42.6 Å². The van der Waals surface area contributed by atoms with Crippen LogP contribution in [0.3, 0.4) is 0 Å². The zero-order chi connectivity index (χ0) is 13.9. The van der Waals surface area contributed by atoms with Crippen molar-refractivity contribution in [2.75, 3.05) is 11.5 Å². The van der Waals surface area contributed by atoms with Crippen LogP contribution in [-0.2, 0) is 16.4 Å². The number of halogens is 1. The Morgan fingerprint density at radius 2 is 1.94 bits per heavy atom. The van der Waals surface area contributed by atoms with Crippen LogP contribution >= 0.6 is 11.6 Å². The van der Waals surface area contributed by atoms with E-state index in [0.717, 1.165) is 23.4 Å². The number of nitrogens with zero attached hydrogens (tertiary/aromatic N) is 2. The number of alkyl halides is 1. The molecule has 0 spiro atoms. The van der Waals surface area contributed by atoms with Crippen molar-refractivity contribution in [2.24, 2.45) is 0 Å². The fraction of sp³-hybridized carbons (Fsp3) is 0.750. The Kier molecular flexibility index (Phi) is 5.22. The Hall–Kier alpha value is -0.550. The van der Waals surface area contributed by atoms with Crippen molar-refractivity contribution in [2.45, 2.75) is 46.0 Å².